The average molecular weight is 362 g/mol. The topological polar surface area (TPSA) is 20.3 Å². The van der Waals surface area contributed by atoms with Gasteiger partial charge < -0.3 is 4.90 Å². The molecule has 0 saturated heterocycles. The molecule has 2 nitrogen and oxygen atoms in total. The highest BCUT2D eigenvalue weighted by atomic mass is 35.5. The van der Waals surface area contributed by atoms with E-state index in [9.17, 15) is 4.79 Å². The zero-order chi connectivity index (χ0) is 17.2. The molecular weight excluding hydrogens is 318 g/mol. The number of likely N-dealkylation sites (N-methyl/N-ethyl adjacent to an activating group) is 1. The first-order chi connectivity index (χ1) is 11.2. The maximum absolute atomic E-state index is 11.5. The number of ketones is 1. The second kappa shape index (κ2) is 21.0. The average Bonchev–Trinajstić information content (AvgIpc) is 2.50. The molecule has 0 saturated carbocycles. The highest BCUT2D eigenvalue weighted by molar-refractivity contribution is 5.85. The van der Waals surface area contributed by atoms with Crippen molar-refractivity contribution < 1.29 is 4.79 Å². The Morgan fingerprint density at radius 2 is 0.958 bits per heavy atom. The van der Waals surface area contributed by atoms with Gasteiger partial charge in [-0.05, 0) is 20.5 Å². The summed E-state index contributed by atoms with van der Waals surface area (Å²) in [6, 6.07) is 0. The van der Waals surface area contributed by atoms with Gasteiger partial charge in [0.05, 0.1) is 6.54 Å². The predicted molar refractivity (Wildman–Crippen MR) is 110 cm³/mol. The lowest BCUT2D eigenvalue weighted by Crippen LogP contribution is -2.21. The molecular formula is C21H44ClNO. The second-order valence-corrected chi connectivity index (χ2v) is 7.48. The number of halogens is 1. The van der Waals surface area contributed by atoms with Gasteiger partial charge >= 0.3 is 0 Å². The number of unbranched alkanes of at least 4 members (excludes halogenated alkanes) is 14. The van der Waals surface area contributed by atoms with Gasteiger partial charge in [0.25, 0.3) is 0 Å². The molecule has 0 aliphatic heterocycles. The van der Waals surface area contributed by atoms with Crippen LogP contribution in [0, 0.1) is 0 Å². The van der Waals surface area contributed by atoms with Crippen LogP contribution in [0.1, 0.15) is 110 Å². The number of carbonyl (C=O) groups is 1. The molecule has 0 fully saturated rings. The number of rotatable bonds is 18. The van der Waals surface area contributed by atoms with Gasteiger partial charge in [-0.3, -0.25) is 4.79 Å². The maximum atomic E-state index is 11.5. The number of Topliss-reactive ketones (excluding diaryl/α,β-unsaturated/α-hetero) is 1. The van der Waals surface area contributed by atoms with Gasteiger partial charge in [0, 0.05) is 6.42 Å². The number of hydrogen-bond acceptors (Lipinski definition) is 2. The van der Waals surface area contributed by atoms with Gasteiger partial charge in [-0.1, -0.05) is 96.8 Å². The summed E-state index contributed by atoms with van der Waals surface area (Å²) < 4.78 is 0. The maximum Gasteiger partial charge on any atom is 0.146 e. The Labute approximate surface area is 158 Å². The molecule has 0 bridgehead atoms. The van der Waals surface area contributed by atoms with E-state index < -0.39 is 0 Å². The number of hydrogen-bond donors (Lipinski definition) is 0. The minimum Gasteiger partial charge on any atom is -0.302 e. The van der Waals surface area contributed by atoms with Gasteiger partial charge in [0.15, 0.2) is 0 Å². The van der Waals surface area contributed by atoms with Gasteiger partial charge in [-0.2, -0.15) is 0 Å². The Hall–Kier alpha value is -0.0800. The zero-order valence-corrected chi connectivity index (χ0v) is 17.6. The number of carbonyl (C=O) groups excluding carboxylic acids is 1. The van der Waals surface area contributed by atoms with Crippen LogP contribution in [0.25, 0.3) is 0 Å². The van der Waals surface area contributed by atoms with Gasteiger partial charge in [0.1, 0.15) is 5.78 Å². The van der Waals surface area contributed by atoms with E-state index in [2.05, 4.69) is 6.92 Å². The second-order valence-electron chi connectivity index (χ2n) is 7.48. The molecule has 0 radical (unpaired) electrons. The molecule has 0 rings (SSSR count). The lowest BCUT2D eigenvalue weighted by Gasteiger charge is -2.07. The highest BCUT2D eigenvalue weighted by Crippen LogP contribution is 2.13. The fraction of sp³-hybridized carbons (Fsp3) is 0.952. The van der Waals surface area contributed by atoms with Crippen LogP contribution in [0.4, 0.5) is 0 Å². The van der Waals surface area contributed by atoms with Crippen molar-refractivity contribution in [1.82, 2.24) is 4.90 Å². The van der Waals surface area contributed by atoms with Crippen molar-refractivity contribution in [3.8, 4) is 0 Å². The standard InChI is InChI=1S/C21H43NO.ClH/c1-4-5-6-7-8-9-10-11-12-13-14-15-16-17-18-19-21(23)20-22(2)3;/h4-20H2,1-3H3;1H. The minimum absolute atomic E-state index is 0. The molecule has 0 aliphatic carbocycles. The zero-order valence-electron chi connectivity index (χ0n) is 16.8. The van der Waals surface area contributed by atoms with E-state index in [0.29, 0.717) is 12.3 Å². The molecule has 24 heavy (non-hydrogen) atoms. The van der Waals surface area contributed by atoms with Crippen LogP contribution in [-0.2, 0) is 4.79 Å². The Kier molecular flexibility index (Phi) is 22.8. The summed E-state index contributed by atoms with van der Waals surface area (Å²) in [6.45, 7) is 2.89. The largest absolute Gasteiger partial charge is 0.302 e. The van der Waals surface area contributed by atoms with Crippen molar-refractivity contribution in [3.63, 3.8) is 0 Å². The van der Waals surface area contributed by atoms with Crippen LogP contribution in [0.3, 0.4) is 0 Å². The van der Waals surface area contributed by atoms with Crippen molar-refractivity contribution in [1.29, 1.82) is 0 Å². The molecule has 0 N–H and O–H groups in total. The summed E-state index contributed by atoms with van der Waals surface area (Å²) in [5.74, 6) is 0.393. The van der Waals surface area contributed by atoms with Crippen LogP contribution in [-0.4, -0.2) is 31.3 Å². The van der Waals surface area contributed by atoms with Crippen molar-refractivity contribution in [3.05, 3.63) is 0 Å². The quantitative estimate of drug-likeness (QED) is 0.250. The third-order valence-corrected chi connectivity index (χ3v) is 4.55. The van der Waals surface area contributed by atoms with E-state index in [-0.39, 0.29) is 12.4 Å². The number of nitrogens with zero attached hydrogens (tertiary/aromatic N) is 1. The summed E-state index contributed by atoms with van der Waals surface area (Å²) in [5, 5.41) is 0. The molecule has 0 aromatic carbocycles. The fourth-order valence-electron chi connectivity index (χ4n) is 3.13. The Morgan fingerprint density at radius 1 is 0.625 bits per heavy atom. The predicted octanol–water partition coefficient (Wildman–Crippen LogP) is 6.80. The summed E-state index contributed by atoms with van der Waals surface area (Å²) in [5.41, 5.74) is 0. The van der Waals surface area contributed by atoms with E-state index in [1.165, 1.54) is 89.9 Å². The summed E-state index contributed by atoms with van der Waals surface area (Å²) in [4.78, 5) is 13.5. The minimum atomic E-state index is 0. The van der Waals surface area contributed by atoms with E-state index in [1.54, 1.807) is 0 Å². The summed E-state index contributed by atoms with van der Waals surface area (Å²) >= 11 is 0. The molecule has 0 aromatic rings. The molecule has 0 amide bonds. The summed E-state index contributed by atoms with van der Waals surface area (Å²) in [6.07, 6.45) is 21.4. The smallest absolute Gasteiger partial charge is 0.146 e. The molecule has 0 aliphatic rings. The monoisotopic (exact) mass is 361 g/mol. The van der Waals surface area contributed by atoms with Crippen LogP contribution >= 0.6 is 12.4 Å². The Morgan fingerprint density at radius 3 is 1.29 bits per heavy atom. The van der Waals surface area contributed by atoms with Crippen LogP contribution in [0.5, 0.6) is 0 Å². The third kappa shape index (κ3) is 21.9. The molecule has 0 unspecified atom stereocenters. The van der Waals surface area contributed by atoms with Crippen molar-refractivity contribution in [2.24, 2.45) is 0 Å². The van der Waals surface area contributed by atoms with E-state index in [1.807, 2.05) is 19.0 Å². The van der Waals surface area contributed by atoms with Crippen molar-refractivity contribution >= 4 is 18.2 Å². The molecule has 0 heterocycles. The van der Waals surface area contributed by atoms with Crippen LogP contribution in [0.15, 0.2) is 0 Å². The first-order valence-electron chi connectivity index (χ1n) is 10.3. The SMILES string of the molecule is CCCCCCCCCCCCCCCCCC(=O)CN(C)C.Cl. The molecule has 0 atom stereocenters. The van der Waals surface area contributed by atoms with E-state index in [4.69, 9.17) is 0 Å². The van der Waals surface area contributed by atoms with Gasteiger partial charge in [-0.15, -0.1) is 12.4 Å². The first kappa shape index (κ1) is 26.2. The van der Waals surface area contributed by atoms with Gasteiger partial charge in [0.2, 0.25) is 0 Å². The Bertz CT molecular complexity index is 256. The molecule has 0 spiro atoms. The third-order valence-electron chi connectivity index (χ3n) is 4.55. The van der Waals surface area contributed by atoms with Crippen molar-refractivity contribution in [2.45, 2.75) is 110 Å². The first-order valence-corrected chi connectivity index (χ1v) is 10.3. The van der Waals surface area contributed by atoms with E-state index in [0.717, 1.165) is 12.8 Å². The van der Waals surface area contributed by atoms with E-state index >= 15 is 0 Å². The molecule has 3 heteroatoms. The lowest BCUT2D eigenvalue weighted by atomic mass is 10.0. The van der Waals surface area contributed by atoms with Crippen molar-refractivity contribution in [2.75, 3.05) is 20.6 Å². The lowest BCUT2D eigenvalue weighted by molar-refractivity contribution is -0.119. The summed E-state index contributed by atoms with van der Waals surface area (Å²) in [7, 11) is 3.93. The van der Waals surface area contributed by atoms with Gasteiger partial charge in [-0.25, -0.2) is 0 Å². The Balaban J connectivity index is 0. The molecule has 0 aromatic heterocycles. The highest BCUT2D eigenvalue weighted by Gasteiger charge is 2.02. The van der Waals surface area contributed by atoms with Crippen LogP contribution < -0.4 is 0 Å². The fourth-order valence-corrected chi connectivity index (χ4v) is 3.13. The van der Waals surface area contributed by atoms with Crippen LogP contribution in [0.2, 0.25) is 0 Å². The molecule has 146 valence electrons. The normalized spacial score (nSPS) is 10.8.